The van der Waals surface area contributed by atoms with Crippen LogP contribution in [0.25, 0.3) is 0 Å². The van der Waals surface area contributed by atoms with E-state index in [0.29, 0.717) is 0 Å². The first-order valence-electron chi connectivity index (χ1n) is 3.28. The van der Waals surface area contributed by atoms with E-state index in [-0.39, 0.29) is 0 Å². The smallest absolute Gasteiger partial charge is 0.204 e. The van der Waals surface area contributed by atoms with Gasteiger partial charge in [-0.2, -0.15) is 4.74 Å². The lowest BCUT2D eigenvalue weighted by atomic mass is 11.0. The van der Waals surface area contributed by atoms with Crippen LogP contribution in [0.3, 0.4) is 0 Å². The molecule has 0 saturated heterocycles. The molecule has 0 radical (unpaired) electrons. The minimum Gasteiger partial charge on any atom is -0.204 e. The van der Waals surface area contributed by atoms with Gasteiger partial charge in [0.05, 0.1) is 0 Å². The molecule has 0 rings (SSSR count). The van der Waals surface area contributed by atoms with Gasteiger partial charge in [0.1, 0.15) is 0 Å². The predicted molar refractivity (Wildman–Crippen MR) is 26.3 cm³/mol. The van der Waals surface area contributed by atoms with Crippen molar-refractivity contribution >= 4 is 0 Å². The van der Waals surface area contributed by atoms with Crippen molar-refractivity contribution in [1.82, 2.24) is 0 Å². The summed E-state index contributed by atoms with van der Waals surface area (Å²) in [7, 11) is 0. The summed E-state index contributed by atoms with van der Waals surface area (Å²) >= 11 is 0. The zero-order chi connectivity index (χ0) is 14.8. The van der Waals surface area contributed by atoms with E-state index in [1.807, 2.05) is 9.47 Å². The third-order valence-electron chi connectivity index (χ3n) is 0.800. The van der Waals surface area contributed by atoms with E-state index in [1.165, 1.54) is 4.94 Å². The molecule has 0 spiro atoms. The van der Waals surface area contributed by atoms with E-state index in [2.05, 4.69) is 0 Å². The van der Waals surface area contributed by atoms with Gasteiger partial charge in [-0.25, -0.2) is 9.47 Å². The van der Waals surface area contributed by atoms with Crippen molar-refractivity contribution in [2.75, 3.05) is 0 Å². The van der Waals surface area contributed by atoms with Gasteiger partial charge in [0, 0.05) is 0 Å². The quantitative estimate of drug-likeness (QED) is 0.558. The zero-order valence-corrected chi connectivity index (χ0v) is 7.41. The van der Waals surface area contributed by atoms with E-state index in [0.717, 1.165) is 0 Å². The molecule has 0 aliphatic carbocycles. The minimum atomic E-state index is -6.13. The van der Waals surface area contributed by atoms with Gasteiger partial charge in [-0.1, -0.05) is 4.94 Å². The largest absolute Gasteiger partial charge is 0.529 e. The Kier molecular flexibility index (Phi) is 4.78. The summed E-state index contributed by atoms with van der Waals surface area (Å²) in [6, 6.07) is 0. The standard InChI is InChI=1S/C4F10O4/c5-1(6,7)15-2(8,9)16-3(10,11)17-4(12,13)18-14. The van der Waals surface area contributed by atoms with Crippen LogP contribution in [-0.4, -0.2) is 25.2 Å². The molecular weight excluding hydrogens is 302 g/mol. The Morgan fingerprint density at radius 1 is 0.500 bits per heavy atom. The average molecular weight is 302 g/mol. The van der Waals surface area contributed by atoms with Crippen molar-refractivity contribution in [2.45, 2.75) is 25.2 Å². The van der Waals surface area contributed by atoms with Crippen LogP contribution in [0.1, 0.15) is 0 Å². The summed E-state index contributed by atoms with van der Waals surface area (Å²) in [5.74, 6) is 0. The van der Waals surface area contributed by atoms with Gasteiger partial charge in [0.25, 0.3) is 0 Å². The monoisotopic (exact) mass is 302 g/mol. The van der Waals surface area contributed by atoms with Gasteiger partial charge in [0.15, 0.2) is 0 Å². The van der Waals surface area contributed by atoms with Crippen molar-refractivity contribution in [2.24, 2.45) is 0 Å². The number of rotatable bonds is 6. The van der Waals surface area contributed by atoms with Crippen LogP contribution in [0.2, 0.25) is 0 Å². The van der Waals surface area contributed by atoms with Crippen molar-refractivity contribution in [3.8, 4) is 0 Å². The molecule has 0 N–H and O–H groups in total. The van der Waals surface area contributed by atoms with Crippen molar-refractivity contribution in [3.63, 3.8) is 0 Å². The maximum Gasteiger partial charge on any atom is 0.529 e. The van der Waals surface area contributed by atoms with Gasteiger partial charge in [0.2, 0.25) is 0 Å². The first-order valence-corrected chi connectivity index (χ1v) is 3.28. The van der Waals surface area contributed by atoms with E-state index < -0.39 is 25.2 Å². The molecule has 0 amide bonds. The molecule has 14 heteroatoms. The second-order valence-corrected chi connectivity index (χ2v) is 2.22. The molecule has 0 aliphatic heterocycles. The SMILES string of the molecule is FOC(F)(F)OC(F)(F)OC(F)(F)OC(F)(F)F. The summed E-state index contributed by atoms with van der Waals surface area (Å²) in [5, 5.41) is 0. The normalized spacial score (nSPS) is 15.0. The van der Waals surface area contributed by atoms with Crippen LogP contribution in [0, 0.1) is 0 Å². The van der Waals surface area contributed by atoms with E-state index in [4.69, 9.17) is 0 Å². The van der Waals surface area contributed by atoms with Crippen molar-refractivity contribution < 1.29 is 63.2 Å². The fourth-order valence-corrected chi connectivity index (χ4v) is 0.469. The molecular formula is C4F10O4. The molecule has 0 bridgehead atoms. The average Bonchev–Trinajstić information content (AvgIpc) is 1.93. The molecule has 0 aliphatic rings. The van der Waals surface area contributed by atoms with Crippen molar-refractivity contribution in [1.29, 1.82) is 0 Å². The Bertz CT molecular complexity index is 274. The summed E-state index contributed by atoms with van der Waals surface area (Å²) in [6.07, 6.45) is -24.0. The van der Waals surface area contributed by atoms with Gasteiger partial charge in [-0.3, -0.25) is 0 Å². The lowest BCUT2D eigenvalue weighted by molar-refractivity contribution is -0.612. The molecule has 0 atom stereocenters. The Balaban J connectivity index is 4.66. The zero-order valence-electron chi connectivity index (χ0n) is 7.41. The number of hydrogen-bond donors (Lipinski definition) is 0. The second-order valence-electron chi connectivity index (χ2n) is 2.22. The van der Waals surface area contributed by atoms with E-state index in [1.54, 1.807) is 4.74 Å². The van der Waals surface area contributed by atoms with E-state index in [9.17, 15) is 44.0 Å². The molecule has 4 nitrogen and oxygen atoms in total. The number of alkyl halides is 9. The molecule has 0 aromatic heterocycles. The highest BCUT2D eigenvalue weighted by Gasteiger charge is 2.58. The second kappa shape index (κ2) is 5.02. The van der Waals surface area contributed by atoms with Crippen LogP contribution in [0.5, 0.6) is 0 Å². The minimum absolute atomic E-state index is 1.47. The summed E-state index contributed by atoms with van der Waals surface area (Å²) in [6.45, 7) is 0. The molecule has 0 aromatic carbocycles. The van der Waals surface area contributed by atoms with Gasteiger partial charge in [-0.15, -0.1) is 39.5 Å². The molecule has 0 fully saturated rings. The van der Waals surface area contributed by atoms with Crippen molar-refractivity contribution in [3.05, 3.63) is 0 Å². The fraction of sp³-hybridized carbons (Fsp3) is 1.00. The molecule has 0 unspecified atom stereocenters. The van der Waals surface area contributed by atoms with Crippen LogP contribution in [0.4, 0.5) is 44.0 Å². The number of ether oxygens (including phenoxy) is 3. The van der Waals surface area contributed by atoms with Crippen LogP contribution in [-0.2, 0) is 19.2 Å². The third-order valence-corrected chi connectivity index (χ3v) is 0.800. The summed E-state index contributed by atoms with van der Waals surface area (Å²) in [4.78, 5) is 1.47. The number of halogens is 10. The molecule has 110 valence electrons. The molecule has 18 heavy (non-hydrogen) atoms. The third kappa shape index (κ3) is 7.46. The summed E-state index contributed by atoms with van der Waals surface area (Å²) in [5.41, 5.74) is 0. The maximum absolute atomic E-state index is 12.1. The maximum atomic E-state index is 12.1. The predicted octanol–water partition coefficient (Wildman–Crippen LogP) is 3.11. The molecule has 0 aromatic rings. The topological polar surface area (TPSA) is 36.9 Å². The van der Waals surface area contributed by atoms with Gasteiger partial charge in [-0.05, 0) is 4.53 Å². The van der Waals surface area contributed by atoms with Gasteiger partial charge < -0.3 is 0 Å². The first-order chi connectivity index (χ1) is 7.68. The Morgan fingerprint density at radius 2 is 0.833 bits per heavy atom. The van der Waals surface area contributed by atoms with Gasteiger partial charge >= 0.3 is 25.2 Å². The molecule has 0 heterocycles. The lowest BCUT2D eigenvalue weighted by Crippen LogP contribution is -2.43. The first kappa shape index (κ1) is 17.1. The number of hydrogen-bond acceptors (Lipinski definition) is 4. The summed E-state index contributed by atoms with van der Waals surface area (Å²) < 4.78 is 122. The fourth-order valence-electron chi connectivity index (χ4n) is 0.469. The Morgan fingerprint density at radius 3 is 1.17 bits per heavy atom. The highest BCUT2D eigenvalue weighted by molar-refractivity contribution is 4.43. The van der Waals surface area contributed by atoms with E-state index >= 15 is 0 Å². The Hall–Kier alpha value is -0.860. The van der Waals surface area contributed by atoms with Crippen LogP contribution in [0.15, 0.2) is 0 Å². The Labute approximate surface area is 89.8 Å². The van der Waals surface area contributed by atoms with Crippen LogP contribution < -0.4 is 0 Å². The lowest BCUT2D eigenvalue weighted by Gasteiger charge is -2.24. The highest BCUT2D eigenvalue weighted by atomic mass is 19.4. The highest BCUT2D eigenvalue weighted by Crippen LogP contribution is 2.37. The molecule has 0 saturated carbocycles. The van der Waals surface area contributed by atoms with Crippen LogP contribution >= 0.6 is 0 Å².